The molecule has 0 radical (unpaired) electrons. The van der Waals surface area contributed by atoms with E-state index in [-0.39, 0.29) is 6.54 Å². The van der Waals surface area contributed by atoms with Gasteiger partial charge in [0.15, 0.2) is 12.1 Å². The molecule has 0 amide bonds. The molecule has 0 aliphatic carbocycles. The summed E-state index contributed by atoms with van der Waals surface area (Å²) >= 11 is 0. The van der Waals surface area contributed by atoms with Crippen molar-refractivity contribution in [2.75, 3.05) is 6.54 Å². The quantitative estimate of drug-likeness (QED) is 0.0846. The van der Waals surface area contributed by atoms with Crippen LogP contribution >= 0.6 is 0 Å². The topological polar surface area (TPSA) is 115 Å². The third kappa shape index (κ3) is 14.0. The molecule has 0 rings (SSSR count). The van der Waals surface area contributed by atoms with Crippen molar-refractivity contribution >= 4 is 17.9 Å². The van der Waals surface area contributed by atoms with Gasteiger partial charge in [0.1, 0.15) is 6.04 Å². The zero-order valence-corrected chi connectivity index (χ0v) is 24.1. The molecule has 3 unspecified atom stereocenters. The molecule has 37 heavy (non-hydrogen) atoms. The fraction of sp³-hybridized carbons (Fsp3) is 0.833. The lowest BCUT2D eigenvalue weighted by Gasteiger charge is -2.49. The first kappa shape index (κ1) is 35.1. The van der Waals surface area contributed by atoms with Crippen LogP contribution in [0, 0.1) is 0 Å². The molecule has 0 aromatic heterocycles. The monoisotopic (exact) mass is 525 g/mol. The zero-order chi connectivity index (χ0) is 28.1. The Hall–Kier alpha value is -1.89. The number of allylic oxidation sites excluding steroid dienone is 2. The lowest BCUT2D eigenvalue weighted by atomic mass is 10.00. The summed E-state index contributed by atoms with van der Waals surface area (Å²) in [6.07, 6.45) is 24.8. The smallest absolute Gasteiger partial charge is 0.362 e. The Kier molecular flexibility index (Phi) is 20.0. The van der Waals surface area contributed by atoms with Crippen LogP contribution in [0.15, 0.2) is 12.2 Å². The van der Waals surface area contributed by atoms with Gasteiger partial charge in [0, 0.05) is 0 Å². The first-order valence-corrected chi connectivity index (χ1v) is 14.8. The van der Waals surface area contributed by atoms with Crippen LogP contribution in [-0.2, 0) is 14.4 Å². The average Bonchev–Trinajstić information content (AvgIpc) is 2.86. The van der Waals surface area contributed by atoms with Gasteiger partial charge in [-0.3, -0.25) is 4.48 Å². The van der Waals surface area contributed by atoms with Gasteiger partial charge >= 0.3 is 11.9 Å². The highest BCUT2D eigenvalue weighted by molar-refractivity contribution is 5.76. The predicted octanol–water partition coefficient (Wildman–Crippen LogP) is 6.10. The number of carboxylic acids is 3. The summed E-state index contributed by atoms with van der Waals surface area (Å²) < 4.78 is -0.550. The van der Waals surface area contributed by atoms with Crippen molar-refractivity contribution in [3.63, 3.8) is 0 Å². The molecule has 3 atom stereocenters. The summed E-state index contributed by atoms with van der Waals surface area (Å²) in [6.45, 7) is 6.56. The summed E-state index contributed by atoms with van der Waals surface area (Å²) in [7, 11) is 0. The molecule has 0 aromatic carbocycles. The average molecular weight is 526 g/mol. The number of carbonyl (C=O) groups is 3. The number of carbonyl (C=O) groups excluding carboxylic acids is 1. The summed E-state index contributed by atoms with van der Waals surface area (Å²) in [5.74, 6) is -3.84. The largest absolute Gasteiger partial charge is 0.544 e. The van der Waals surface area contributed by atoms with Crippen molar-refractivity contribution < 1.29 is 34.2 Å². The minimum Gasteiger partial charge on any atom is -0.544 e. The number of unbranched alkanes of at least 4 members (excludes halogenated alkanes) is 15. The minimum atomic E-state index is -1.43. The maximum absolute atomic E-state index is 11.8. The summed E-state index contributed by atoms with van der Waals surface area (Å²) in [5, 5.41) is 30.9. The highest BCUT2D eigenvalue weighted by atomic mass is 16.4. The number of aliphatic carboxylic acids is 3. The Bertz CT molecular complexity index is 612. The van der Waals surface area contributed by atoms with Gasteiger partial charge in [0.05, 0.1) is 12.5 Å². The van der Waals surface area contributed by atoms with E-state index in [9.17, 15) is 29.7 Å². The second kappa shape index (κ2) is 21.1. The van der Waals surface area contributed by atoms with Crippen molar-refractivity contribution in [2.45, 2.75) is 155 Å². The van der Waals surface area contributed by atoms with Crippen LogP contribution < -0.4 is 5.11 Å². The predicted molar refractivity (Wildman–Crippen MR) is 147 cm³/mol. The highest BCUT2D eigenvalue weighted by Crippen LogP contribution is 2.27. The molecule has 0 aliphatic heterocycles. The van der Waals surface area contributed by atoms with Crippen molar-refractivity contribution in [2.24, 2.45) is 0 Å². The Morgan fingerprint density at radius 2 is 0.973 bits per heavy atom. The van der Waals surface area contributed by atoms with Crippen LogP contribution in [0.2, 0.25) is 0 Å². The minimum absolute atomic E-state index is 0.171. The number of nitrogens with zero attached hydrogens (tertiary/aromatic N) is 1. The van der Waals surface area contributed by atoms with E-state index in [4.69, 9.17) is 0 Å². The normalized spacial score (nSPS) is 15.8. The number of quaternary nitrogens is 1. The summed E-state index contributed by atoms with van der Waals surface area (Å²) in [5.41, 5.74) is 0. The van der Waals surface area contributed by atoms with E-state index in [0.29, 0.717) is 6.42 Å². The van der Waals surface area contributed by atoms with E-state index in [1.54, 1.807) is 0 Å². The van der Waals surface area contributed by atoms with Gasteiger partial charge in [-0.2, -0.15) is 0 Å². The first-order valence-electron chi connectivity index (χ1n) is 14.8. The molecule has 0 bridgehead atoms. The van der Waals surface area contributed by atoms with E-state index in [2.05, 4.69) is 19.1 Å². The fourth-order valence-corrected chi connectivity index (χ4v) is 5.36. The van der Waals surface area contributed by atoms with Gasteiger partial charge < -0.3 is 20.1 Å². The van der Waals surface area contributed by atoms with Gasteiger partial charge in [0.2, 0.25) is 0 Å². The Labute approximate surface area is 225 Å². The number of carboxylic acid groups (broad SMARTS) is 3. The zero-order valence-electron chi connectivity index (χ0n) is 24.1. The van der Waals surface area contributed by atoms with E-state index >= 15 is 0 Å². The maximum atomic E-state index is 11.8. The van der Waals surface area contributed by atoms with Gasteiger partial charge in [-0.25, -0.2) is 9.59 Å². The van der Waals surface area contributed by atoms with E-state index in [1.807, 2.05) is 0 Å². The molecule has 0 saturated heterocycles. The second-order valence-electron chi connectivity index (χ2n) is 10.7. The number of hydrogen-bond donors (Lipinski definition) is 2. The summed E-state index contributed by atoms with van der Waals surface area (Å²) in [4.78, 5) is 35.2. The molecule has 0 heterocycles. The Morgan fingerprint density at radius 3 is 1.32 bits per heavy atom. The van der Waals surface area contributed by atoms with Crippen LogP contribution in [0.4, 0.5) is 0 Å². The molecule has 7 heteroatoms. The van der Waals surface area contributed by atoms with Crippen LogP contribution in [0.25, 0.3) is 0 Å². The van der Waals surface area contributed by atoms with Crippen LogP contribution in [0.1, 0.15) is 137 Å². The molecule has 0 spiro atoms. The molecule has 7 nitrogen and oxygen atoms in total. The molecular formula is C30H55NO6. The number of hydrogen-bond acceptors (Lipinski definition) is 4. The van der Waals surface area contributed by atoms with Gasteiger partial charge in [0.25, 0.3) is 0 Å². The molecule has 0 aliphatic rings. The van der Waals surface area contributed by atoms with Crippen LogP contribution in [0.3, 0.4) is 0 Å². The third-order valence-corrected chi connectivity index (χ3v) is 8.03. The lowest BCUT2D eigenvalue weighted by Crippen LogP contribution is -2.72. The first-order chi connectivity index (χ1) is 17.6. The third-order valence-electron chi connectivity index (χ3n) is 8.03. The van der Waals surface area contributed by atoms with Crippen LogP contribution in [-0.4, -0.2) is 57.3 Å². The summed E-state index contributed by atoms with van der Waals surface area (Å²) in [6, 6.07) is -3.58. The second-order valence-corrected chi connectivity index (χ2v) is 10.7. The van der Waals surface area contributed by atoms with Gasteiger partial charge in [-0.15, -0.1) is 0 Å². The molecule has 0 aromatic rings. The molecule has 0 saturated carbocycles. The Balaban J connectivity index is 4.19. The van der Waals surface area contributed by atoms with E-state index in [0.717, 1.165) is 32.1 Å². The van der Waals surface area contributed by atoms with Crippen molar-refractivity contribution in [3.05, 3.63) is 12.2 Å². The van der Waals surface area contributed by atoms with Crippen molar-refractivity contribution in [1.82, 2.24) is 0 Å². The Morgan fingerprint density at radius 1 is 0.622 bits per heavy atom. The molecule has 0 fully saturated rings. The van der Waals surface area contributed by atoms with E-state index in [1.165, 1.54) is 91.4 Å². The van der Waals surface area contributed by atoms with Crippen molar-refractivity contribution in [3.8, 4) is 0 Å². The molecule has 2 N–H and O–H groups in total. The van der Waals surface area contributed by atoms with E-state index < -0.39 is 40.5 Å². The SMILES string of the molecule is CCCCCCCCCCCCC/C=C/CCCCCC[N+](C(C)C(=O)[O-])(C(C)C(=O)O)C(C)C(=O)O. The fourth-order valence-electron chi connectivity index (χ4n) is 5.36. The standard InChI is InChI=1S/C30H55NO6/c1-5-6-7-8-9-10-11-12-13-14-15-16-17-18-19-20-21-22-23-24-31(25(2)28(32)33,26(3)29(34)35)27(4)30(36)37/h17-18,25-27H,5-16,19-24H2,1-4H3,(H2-,32,33,34,35,36,37)/b18-17+. The molecular weight excluding hydrogens is 470 g/mol. The lowest BCUT2D eigenvalue weighted by molar-refractivity contribution is -0.969. The van der Waals surface area contributed by atoms with Crippen molar-refractivity contribution in [1.29, 1.82) is 0 Å². The molecule has 216 valence electrons. The number of rotatable bonds is 25. The maximum Gasteiger partial charge on any atom is 0.362 e. The van der Waals surface area contributed by atoms with Crippen LogP contribution in [0.5, 0.6) is 0 Å². The van der Waals surface area contributed by atoms with Gasteiger partial charge in [-0.1, -0.05) is 89.7 Å². The van der Waals surface area contributed by atoms with Gasteiger partial charge in [-0.05, 0) is 59.3 Å². The highest BCUT2D eigenvalue weighted by Gasteiger charge is 2.50.